The van der Waals surface area contributed by atoms with Crippen LogP contribution in [0.15, 0.2) is 24.3 Å². The Hall–Kier alpha value is -1.26. The number of carbonyl (C=O) groups is 1. The minimum absolute atomic E-state index is 0.0760. The molecule has 1 atom stereocenters. The number of hydrogen-bond donors (Lipinski definition) is 2. The van der Waals surface area contributed by atoms with E-state index in [9.17, 15) is 4.79 Å². The van der Waals surface area contributed by atoms with Gasteiger partial charge in [0, 0.05) is 24.3 Å². The smallest absolute Gasteiger partial charge is 0.321 e. The highest BCUT2D eigenvalue weighted by Crippen LogP contribution is 2.15. The fourth-order valence-electron chi connectivity index (χ4n) is 2.30. The second kappa shape index (κ2) is 6.78. The zero-order valence-corrected chi connectivity index (χ0v) is 11.9. The van der Waals surface area contributed by atoms with Crippen molar-refractivity contribution in [3.05, 3.63) is 29.3 Å². The van der Waals surface area contributed by atoms with Crippen molar-refractivity contribution in [2.24, 2.45) is 5.92 Å². The Bertz CT molecular complexity index is 415. The Balaban J connectivity index is 1.83. The van der Waals surface area contributed by atoms with Gasteiger partial charge in [0.2, 0.25) is 0 Å². The molecule has 1 aromatic rings. The number of halogens is 1. The summed E-state index contributed by atoms with van der Waals surface area (Å²) in [6.07, 6.45) is 2.38. The van der Waals surface area contributed by atoms with E-state index < -0.39 is 0 Å². The van der Waals surface area contributed by atoms with E-state index in [0.29, 0.717) is 10.9 Å². The molecular weight excluding hydrogens is 262 g/mol. The van der Waals surface area contributed by atoms with E-state index in [4.69, 9.17) is 11.6 Å². The van der Waals surface area contributed by atoms with Crippen molar-refractivity contribution in [1.82, 2.24) is 10.2 Å². The summed E-state index contributed by atoms with van der Waals surface area (Å²) >= 11 is 5.81. The van der Waals surface area contributed by atoms with Crippen LogP contribution in [0, 0.1) is 5.92 Å². The molecule has 1 aromatic carbocycles. The molecular formula is C14H20ClN3O. The first-order valence-electron chi connectivity index (χ1n) is 6.63. The fourth-order valence-corrected chi connectivity index (χ4v) is 2.43. The summed E-state index contributed by atoms with van der Waals surface area (Å²) in [4.78, 5) is 13.8. The monoisotopic (exact) mass is 281 g/mol. The molecule has 1 unspecified atom stereocenters. The highest BCUT2D eigenvalue weighted by Gasteiger charge is 2.17. The molecule has 2 N–H and O–H groups in total. The molecule has 1 heterocycles. The summed E-state index contributed by atoms with van der Waals surface area (Å²) in [6, 6.07) is 7.06. The van der Waals surface area contributed by atoms with Crippen molar-refractivity contribution in [3.63, 3.8) is 0 Å². The summed E-state index contributed by atoms with van der Waals surface area (Å²) in [5, 5.41) is 6.89. The topological polar surface area (TPSA) is 44.4 Å². The van der Waals surface area contributed by atoms with Crippen molar-refractivity contribution in [2.75, 3.05) is 32.0 Å². The molecule has 19 heavy (non-hydrogen) atoms. The van der Waals surface area contributed by atoms with Crippen molar-refractivity contribution in [2.45, 2.75) is 12.8 Å². The number of hydrogen-bond acceptors (Lipinski definition) is 2. The second-order valence-electron chi connectivity index (χ2n) is 5.03. The lowest BCUT2D eigenvalue weighted by atomic mass is 9.99. The molecule has 104 valence electrons. The van der Waals surface area contributed by atoms with Crippen molar-refractivity contribution < 1.29 is 4.79 Å². The number of nitrogens with zero attached hydrogens (tertiary/aromatic N) is 1. The molecule has 2 rings (SSSR count). The predicted molar refractivity (Wildman–Crippen MR) is 78.7 cm³/mol. The van der Waals surface area contributed by atoms with Gasteiger partial charge >= 0.3 is 6.03 Å². The highest BCUT2D eigenvalue weighted by molar-refractivity contribution is 6.30. The van der Waals surface area contributed by atoms with Gasteiger partial charge in [0.05, 0.1) is 0 Å². The molecule has 0 saturated carbocycles. The lowest BCUT2D eigenvalue weighted by Gasteiger charge is -2.27. The van der Waals surface area contributed by atoms with E-state index in [1.807, 2.05) is 7.05 Å². The van der Waals surface area contributed by atoms with E-state index >= 15 is 0 Å². The largest absolute Gasteiger partial charge is 0.327 e. The van der Waals surface area contributed by atoms with Gasteiger partial charge in [-0.15, -0.1) is 0 Å². The van der Waals surface area contributed by atoms with Gasteiger partial charge in [-0.3, -0.25) is 0 Å². The standard InChI is InChI=1S/C14H20ClN3O/c1-18(10-11-3-2-8-16-9-11)14(19)17-13-6-4-12(15)5-7-13/h4-7,11,16H,2-3,8-10H2,1H3,(H,17,19). The number of nitrogens with one attached hydrogen (secondary N) is 2. The maximum Gasteiger partial charge on any atom is 0.321 e. The van der Waals surface area contributed by atoms with Crippen LogP contribution in [-0.4, -0.2) is 37.6 Å². The second-order valence-corrected chi connectivity index (χ2v) is 5.47. The minimum Gasteiger partial charge on any atom is -0.327 e. The van der Waals surface area contributed by atoms with Crippen LogP contribution in [-0.2, 0) is 0 Å². The van der Waals surface area contributed by atoms with Crippen molar-refractivity contribution in [3.8, 4) is 0 Å². The average Bonchev–Trinajstić information content (AvgIpc) is 2.42. The third kappa shape index (κ3) is 4.40. The van der Waals surface area contributed by atoms with Crippen LogP contribution in [0.25, 0.3) is 0 Å². The molecule has 1 fully saturated rings. The molecule has 0 aliphatic carbocycles. The molecule has 1 aliphatic rings. The average molecular weight is 282 g/mol. The number of anilines is 1. The van der Waals surface area contributed by atoms with Crippen LogP contribution in [0.5, 0.6) is 0 Å². The first-order chi connectivity index (χ1) is 9.15. The summed E-state index contributed by atoms with van der Waals surface area (Å²) in [5.74, 6) is 0.551. The Morgan fingerprint density at radius 2 is 2.21 bits per heavy atom. The molecule has 0 aromatic heterocycles. The van der Waals surface area contributed by atoms with Gasteiger partial charge in [0.25, 0.3) is 0 Å². The van der Waals surface area contributed by atoms with E-state index in [-0.39, 0.29) is 6.03 Å². The predicted octanol–water partition coefficient (Wildman–Crippen LogP) is 2.80. The minimum atomic E-state index is -0.0760. The highest BCUT2D eigenvalue weighted by atomic mass is 35.5. The molecule has 0 spiro atoms. The Morgan fingerprint density at radius 1 is 1.47 bits per heavy atom. The molecule has 0 bridgehead atoms. The summed E-state index contributed by atoms with van der Waals surface area (Å²) in [6.45, 7) is 2.88. The molecule has 0 radical (unpaired) electrons. The van der Waals surface area contributed by atoms with Crippen LogP contribution in [0.1, 0.15) is 12.8 Å². The van der Waals surface area contributed by atoms with Gasteiger partial charge in [-0.1, -0.05) is 11.6 Å². The Kier molecular flexibility index (Phi) is 5.05. The van der Waals surface area contributed by atoms with Crippen LogP contribution in [0.4, 0.5) is 10.5 Å². The Morgan fingerprint density at radius 3 is 2.84 bits per heavy atom. The SMILES string of the molecule is CN(CC1CCCNC1)C(=O)Nc1ccc(Cl)cc1. The maximum atomic E-state index is 12.0. The zero-order chi connectivity index (χ0) is 13.7. The molecule has 2 amide bonds. The molecule has 1 saturated heterocycles. The normalized spacial score (nSPS) is 18.9. The molecule has 4 nitrogen and oxygen atoms in total. The van der Waals surface area contributed by atoms with E-state index in [1.54, 1.807) is 29.2 Å². The number of piperidine rings is 1. The van der Waals surface area contributed by atoms with Crippen LogP contribution < -0.4 is 10.6 Å². The number of carbonyl (C=O) groups excluding carboxylic acids is 1. The Labute approximate surface area is 119 Å². The molecule has 1 aliphatic heterocycles. The van der Waals surface area contributed by atoms with Crippen LogP contribution in [0.2, 0.25) is 5.02 Å². The van der Waals surface area contributed by atoms with Crippen molar-refractivity contribution in [1.29, 1.82) is 0 Å². The lowest BCUT2D eigenvalue weighted by molar-refractivity contribution is 0.207. The van der Waals surface area contributed by atoms with Crippen LogP contribution >= 0.6 is 11.6 Å². The maximum absolute atomic E-state index is 12.0. The van der Waals surface area contributed by atoms with E-state index in [0.717, 1.165) is 25.3 Å². The van der Waals surface area contributed by atoms with E-state index in [2.05, 4.69) is 10.6 Å². The van der Waals surface area contributed by atoms with Gasteiger partial charge in [-0.05, 0) is 56.1 Å². The summed E-state index contributed by atoms with van der Waals surface area (Å²) in [7, 11) is 1.83. The zero-order valence-electron chi connectivity index (χ0n) is 11.2. The van der Waals surface area contributed by atoms with Gasteiger partial charge in [-0.2, -0.15) is 0 Å². The van der Waals surface area contributed by atoms with Gasteiger partial charge in [0.1, 0.15) is 0 Å². The molecule has 5 heteroatoms. The first kappa shape index (κ1) is 14.2. The third-order valence-corrected chi connectivity index (χ3v) is 3.63. The number of urea groups is 1. The number of benzene rings is 1. The number of rotatable bonds is 3. The third-order valence-electron chi connectivity index (χ3n) is 3.37. The van der Waals surface area contributed by atoms with Gasteiger partial charge in [0.15, 0.2) is 0 Å². The quantitative estimate of drug-likeness (QED) is 0.895. The van der Waals surface area contributed by atoms with Gasteiger partial charge in [-0.25, -0.2) is 4.79 Å². The fraction of sp³-hybridized carbons (Fsp3) is 0.500. The summed E-state index contributed by atoms with van der Waals surface area (Å²) < 4.78 is 0. The summed E-state index contributed by atoms with van der Waals surface area (Å²) in [5.41, 5.74) is 0.767. The van der Waals surface area contributed by atoms with Crippen LogP contribution in [0.3, 0.4) is 0 Å². The first-order valence-corrected chi connectivity index (χ1v) is 7.01. The van der Waals surface area contributed by atoms with Gasteiger partial charge < -0.3 is 15.5 Å². The number of amides is 2. The lowest BCUT2D eigenvalue weighted by Crippen LogP contribution is -2.40. The van der Waals surface area contributed by atoms with Crippen molar-refractivity contribution >= 4 is 23.3 Å². The van der Waals surface area contributed by atoms with E-state index in [1.165, 1.54) is 12.8 Å².